The van der Waals surface area contributed by atoms with Crippen LogP contribution in [0.15, 0.2) is 23.5 Å². The summed E-state index contributed by atoms with van der Waals surface area (Å²) in [4.78, 5) is 11.5. The minimum atomic E-state index is -6.04. The highest BCUT2D eigenvalue weighted by molar-refractivity contribution is 5.74. The lowest BCUT2D eigenvalue weighted by Gasteiger charge is -2.34. The summed E-state index contributed by atoms with van der Waals surface area (Å²) in [5, 5.41) is 0. The molecule has 156 valence electrons. The number of carbonyl (C=O) groups excluding carboxylic acids is 1. The predicted octanol–water partition coefficient (Wildman–Crippen LogP) is 4.76. The molecule has 1 heterocycles. The molecule has 0 fully saturated rings. The summed E-state index contributed by atoms with van der Waals surface area (Å²) >= 11 is 0. The Labute approximate surface area is 143 Å². The number of carbonyl (C=O) groups is 1. The zero-order chi connectivity index (χ0) is 21.4. The van der Waals surface area contributed by atoms with Crippen LogP contribution in [0.3, 0.4) is 0 Å². The molecule has 0 aliphatic carbocycles. The number of rotatable bonds is 3. The van der Waals surface area contributed by atoms with Crippen LogP contribution in [0, 0.1) is 17.8 Å². The van der Waals surface area contributed by atoms with E-state index in [1.807, 2.05) is 0 Å². The zero-order valence-electron chi connectivity index (χ0n) is 12.9. The van der Waals surface area contributed by atoms with Gasteiger partial charge in [-0.2, -0.15) is 48.3 Å². The SMILES string of the molecule is COC(=O)C1COC(C(C(F)(F)F)C(F)(F)F)=CC1C(=C(F)F)C(F)(F)F. The highest BCUT2D eigenvalue weighted by Gasteiger charge is 2.61. The summed E-state index contributed by atoms with van der Waals surface area (Å²) in [6, 6.07) is 0. The lowest BCUT2D eigenvalue weighted by molar-refractivity contribution is -0.281. The van der Waals surface area contributed by atoms with Crippen LogP contribution in [0.25, 0.3) is 0 Å². The van der Waals surface area contributed by atoms with Gasteiger partial charge in [0.25, 0.3) is 6.08 Å². The van der Waals surface area contributed by atoms with Crippen molar-refractivity contribution in [2.75, 3.05) is 13.7 Å². The smallest absolute Gasteiger partial charge is 0.418 e. The second-order valence-electron chi connectivity index (χ2n) is 5.22. The molecule has 0 amide bonds. The number of halogens is 11. The summed E-state index contributed by atoms with van der Waals surface area (Å²) in [5.74, 6) is -13.1. The Morgan fingerprint density at radius 3 is 1.89 bits per heavy atom. The van der Waals surface area contributed by atoms with Gasteiger partial charge in [-0.1, -0.05) is 0 Å². The normalized spacial score (nSPS) is 21.4. The summed E-state index contributed by atoms with van der Waals surface area (Å²) in [6.45, 7) is -1.46. The first-order valence-electron chi connectivity index (χ1n) is 6.70. The molecule has 2 unspecified atom stereocenters. The first-order chi connectivity index (χ1) is 12.0. The third-order valence-electron chi connectivity index (χ3n) is 3.49. The molecule has 1 rings (SSSR count). The number of esters is 1. The first-order valence-corrected chi connectivity index (χ1v) is 6.70. The Bertz CT molecular complexity index is 609. The molecule has 0 N–H and O–H groups in total. The molecule has 0 spiro atoms. The van der Waals surface area contributed by atoms with E-state index in [9.17, 15) is 53.1 Å². The summed E-state index contributed by atoms with van der Waals surface area (Å²) in [6.07, 6.45) is -21.8. The van der Waals surface area contributed by atoms with Crippen molar-refractivity contribution in [1.82, 2.24) is 0 Å². The topological polar surface area (TPSA) is 35.5 Å². The van der Waals surface area contributed by atoms with Gasteiger partial charge in [-0.15, -0.1) is 0 Å². The average molecular weight is 422 g/mol. The van der Waals surface area contributed by atoms with Crippen molar-refractivity contribution >= 4 is 5.97 Å². The van der Waals surface area contributed by atoms with E-state index in [-0.39, 0.29) is 0 Å². The third kappa shape index (κ3) is 5.25. The molecule has 0 aromatic rings. The second kappa shape index (κ2) is 7.54. The van der Waals surface area contributed by atoms with E-state index < -0.39 is 72.3 Å². The van der Waals surface area contributed by atoms with Crippen LogP contribution in [-0.2, 0) is 14.3 Å². The van der Waals surface area contributed by atoms with Gasteiger partial charge in [-0.3, -0.25) is 4.79 Å². The minimum Gasteiger partial charge on any atom is -0.496 e. The zero-order valence-corrected chi connectivity index (χ0v) is 12.9. The number of alkyl halides is 9. The van der Waals surface area contributed by atoms with E-state index in [1.165, 1.54) is 0 Å². The van der Waals surface area contributed by atoms with Gasteiger partial charge in [0.15, 0.2) is 0 Å². The van der Waals surface area contributed by atoms with Crippen molar-refractivity contribution in [3.05, 3.63) is 23.5 Å². The third-order valence-corrected chi connectivity index (χ3v) is 3.49. The molecule has 1 aliphatic rings. The molecule has 0 saturated heterocycles. The van der Waals surface area contributed by atoms with Gasteiger partial charge in [0.05, 0.1) is 7.11 Å². The fourth-order valence-corrected chi connectivity index (χ4v) is 2.39. The number of methoxy groups -OCH3 is 1. The standard InChI is InChI=1S/C13H9F11O3/c1-26-10(25)5-3-27-6(8(12(19,20)21)13(22,23)24)2-4(5)7(9(14)15)11(16,17)18/h2,4-5,8H,3H2,1H3. The molecule has 1 aliphatic heterocycles. The van der Waals surface area contributed by atoms with Crippen LogP contribution < -0.4 is 0 Å². The molecule has 0 radical (unpaired) electrons. The summed E-state index contributed by atoms with van der Waals surface area (Å²) in [5.41, 5.74) is -2.76. The van der Waals surface area contributed by atoms with Gasteiger partial charge in [0.2, 0.25) is 5.92 Å². The molecule has 14 heteroatoms. The number of hydrogen-bond donors (Lipinski definition) is 0. The maximum absolute atomic E-state index is 12.9. The monoisotopic (exact) mass is 422 g/mol. The molecular weight excluding hydrogens is 413 g/mol. The first kappa shape index (κ1) is 23.0. The van der Waals surface area contributed by atoms with Gasteiger partial charge < -0.3 is 9.47 Å². The van der Waals surface area contributed by atoms with Crippen molar-refractivity contribution in [3.8, 4) is 0 Å². The Morgan fingerprint density at radius 2 is 1.56 bits per heavy atom. The predicted molar refractivity (Wildman–Crippen MR) is 63.9 cm³/mol. The van der Waals surface area contributed by atoms with Crippen molar-refractivity contribution in [3.63, 3.8) is 0 Å². The van der Waals surface area contributed by atoms with Gasteiger partial charge in [-0.25, -0.2) is 0 Å². The van der Waals surface area contributed by atoms with Crippen LogP contribution in [0.4, 0.5) is 48.3 Å². The van der Waals surface area contributed by atoms with Gasteiger partial charge >= 0.3 is 24.5 Å². The van der Waals surface area contributed by atoms with Crippen molar-refractivity contribution in [1.29, 1.82) is 0 Å². The Kier molecular flexibility index (Phi) is 6.43. The van der Waals surface area contributed by atoms with Crippen LogP contribution in [0.5, 0.6) is 0 Å². The van der Waals surface area contributed by atoms with Gasteiger partial charge in [0, 0.05) is 5.92 Å². The Hall–Kier alpha value is -2.02. The van der Waals surface area contributed by atoms with Crippen LogP contribution in [0.2, 0.25) is 0 Å². The molecule has 27 heavy (non-hydrogen) atoms. The second-order valence-corrected chi connectivity index (χ2v) is 5.22. The maximum Gasteiger partial charge on any atom is 0.418 e. The fourth-order valence-electron chi connectivity index (χ4n) is 2.39. The van der Waals surface area contributed by atoms with Crippen LogP contribution in [0.1, 0.15) is 0 Å². The van der Waals surface area contributed by atoms with Gasteiger partial charge in [0.1, 0.15) is 23.9 Å². The molecule has 3 nitrogen and oxygen atoms in total. The van der Waals surface area contributed by atoms with E-state index in [4.69, 9.17) is 0 Å². The van der Waals surface area contributed by atoms with Crippen LogP contribution in [-0.4, -0.2) is 38.2 Å². The Balaban J connectivity index is 3.62. The quantitative estimate of drug-likeness (QED) is 0.486. The van der Waals surface area contributed by atoms with E-state index in [1.54, 1.807) is 0 Å². The van der Waals surface area contributed by atoms with E-state index in [0.29, 0.717) is 7.11 Å². The molecule has 0 aromatic heterocycles. The molecule has 0 bridgehead atoms. The molecular formula is C13H9F11O3. The summed E-state index contributed by atoms with van der Waals surface area (Å²) in [7, 11) is 0.635. The van der Waals surface area contributed by atoms with E-state index in [2.05, 4.69) is 9.47 Å². The van der Waals surface area contributed by atoms with Crippen molar-refractivity contribution < 1.29 is 62.6 Å². The largest absolute Gasteiger partial charge is 0.496 e. The number of ether oxygens (including phenoxy) is 2. The lowest BCUT2D eigenvalue weighted by atomic mass is 9.82. The highest BCUT2D eigenvalue weighted by Crippen LogP contribution is 2.48. The number of hydrogen-bond acceptors (Lipinski definition) is 3. The molecule has 0 aromatic carbocycles. The van der Waals surface area contributed by atoms with Crippen molar-refractivity contribution in [2.45, 2.75) is 18.5 Å². The van der Waals surface area contributed by atoms with Crippen molar-refractivity contribution in [2.24, 2.45) is 17.8 Å². The molecule has 0 saturated carbocycles. The highest BCUT2D eigenvalue weighted by atomic mass is 19.4. The molecule has 2 atom stereocenters. The van der Waals surface area contributed by atoms with Gasteiger partial charge in [-0.05, 0) is 6.08 Å². The lowest BCUT2D eigenvalue weighted by Crippen LogP contribution is -2.43. The van der Waals surface area contributed by atoms with Crippen LogP contribution >= 0.6 is 0 Å². The minimum absolute atomic E-state index is 0.418. The van der Waals surface area contributed by atoms with E-state index in [0.717, 1.165) is 0 Å². The maximum atomic E-state index is 12.9. The van der Waals surface area contributed by atoms with E-state index >= 15 is 0 Å². The Morgan fingerprint density at radius 1 is 1.07 bits per heavy atom. The number of allylic oxidation sites excluding steroid dienone is 3. The summed E-state index contributed by atoms with van der Waals surface area (Å²) < 4.78 is 149. The average Bonchev–Trinajstić information content (AvgIpc) is 2.41. The fraction of sp³-hybridized carbons (Fsp3) is 0.615.